The Hall–Kier alpha value is -3.50. The molecule has 1 N–H and O–H groups in total. The molecule has 3 heterocycles. The number of thioether (sulfide) groups is 1. The highest BCUT2D eigenvalue weighted by atomic mass is 32.2. The van der Waals surface area contributed by atoms with Gasteiger partial charge in [0.05, 0.1) is 29.5 Å². The molecule has 2 saturated heterocycles. The molecule has 0 unspecified atom stereocenters. The van der Waals surface area contributed by atoms with E-state index >= 15 is 0 Å². The SMILES string of the molecule is O=C(CN1C(=O)S/C(=C/c2ccc3c(c2)OCO3)C1=O)Nc1ccccc1N1CCOCC1. The summed E-state index contributed by atoms with van der Waals surface area (Å²) in [7, 11) is 0. The molecule has 0 atom stereocenters. The third-order valence-electron chi connectivity index (χ3n) is 5.40. The lowest BCUT2D eigenvalue weighted by molar-refractivity contribution is -0.127. The Kier molecular flexibility index (Phi) is 5.93. The first-order chi connectivity index (χ1) is 16.1. The summed E-state index contributed by atoms with van der Waals surface area (Å²) in [4.78, 5) is 41.3. The second kappa shape index (κ2) is 9.16. The highest BCUT2D eigenvalue weighted by Gasteiger charge is 2.36. The fourth-order valence-electron chi connectivity index (χ4n) is 3.78. The Morgan fingerprint density at radius 1 is 1.06 bits per heavy atom. The van der Waals surface area contributed by atoms with Gasteiger partial charge in [0, 0.05) is 13.1 Å². The first-order valence-electron chi connectivity index (χ1n) is 10.4. The van der Waals surface area contributed by atoms with Gasteiger partial charge in [0.2, 0.25) is 12.7 Å². The highest BCUT2D eigenvalue weighted by Crippen LogP contribution is 2.36. The molecule has 0 saturated carbocycles. The number of imide groups is 1. The third kappa shape index (κ3) is 4.53. The third-order valence-corrected chi connectivity index (χ3v) is 6.31. The predicted molar refractivity (Wildman–Crippen MR) is 123 cm³/mol. The standard InChI is InChI=1S/C23H21N3O6S/c27-21(24-16-3-1-2-4-17(16)25-7-9-30-10-8-25)13-26-22(28)20(33-23(26)29)12-15-5-6-18-19(11-15)32-14-31-18/h1-6,11-12H,7-10,13-14H2,(H,24,27)/b20-12+. The summed E-state index contributed by atoms with van der Waals surface area (Å²) in [6, 6.07) is 12.7. The number of carbonyl (C=O) groups excluding carboxylic acids is 3. The van der Waals surface area contributed by atoms with Crippen LogP contribution in [0.3, 0.4) is 0 Å². The lowest BCUT2D eigenvalue weighted by Crippen LogP contribution is -2.38. The van der Waals surface area contributed by atoms with Crippen LogP contribution in [0.15, 0.2) is 47.4 Å². The zero-order chi connectivity index (χ0) is 22.8. The van der Waals surface area contributed by atoms with E-state index in [1.807, 2.05) is 18.2 Å². The second-order valence-electron chi connectivity index (χ2n) is 7.55. The van der Waals surface area contributed by atoms with E-state index in [0.29, 0.717) is 36.0 Å². The van der Waals surface area contributed by atoms with Gasteiger partial charge >= 0.3 is 0 Å². The van der Waals surface area contributed by atoms with E-state index < -0.39 is 17.1 Å². The molecule has 3 aliphatic rings. The number of morpholine rings is 1. The molecule has 2 aromatic rings. The average Bonchev–Trinajstić information content (AvgIpc) is 3.40. The lowest BCUT2D eigenvalue weighted by Gasteiger charge is -2.30. The number of amides is 3. The molecule has 2 fully saturated rings. The number of fused-ring (bicyclic) bond motifs is 1. The highest BCUT2D eigenvalue weighted by molar-refractivity contribution is 8.18. The van der Waals surface area contributed by atoms with Gasteiger partial charge in [-0.15, -0.1) is 0 Å². The number of rotatable bonds is 5. The zero-order valence-corrected chi connectivity index (χ0v) is 18.4. The van der Waals surface area contributed by atoms with Gasteiger partial charge in [-0.05, 0) is 47.7 Å². The molecule has 3 amide bonds. The van der Waals surface area contributed by atoms with E-state index in [9.17, 15) is 14.4 Å². The first-order valence-corrected chi connectivity index (χ1v) is 11.3. The van der Waals surface area contributed by atoms with Crippen LogP contribution in [0, 0.1) is 0 Å². The number of nitrogens with one attached hydrogen (secondary N) is 1. The normalized spacial score (nSPS) is 18.8. The monoisotopic (exact) mass is 467 g/mol. The van der Waals surface area contributed by atoms with Gasteiger partial charge in [-0.3, -0.25) is 19.3 Å². The Balaban J connectivity index is 1.27. The van der Waals surface area contributed by atoms with Crippen LogP contribution in [0.4, 0.5) is 16.2 Å². The van der Waals surface area contributed by atoms with Gasteiger partial charge in [-0.1, -0.05) is 18.2 Å². The number of para-hydroxylation sites is 2. The summed E-state index contributed by atoms with van der Waals surface area (Å²) in [5.74, 6) is 0.275. The van der Waals surface area contributed by atoms with Crippen LogP contribution < -0.4 is 19.7 Å². The molecule has 0 aromatic heterocycles. The van der Waals surface area contributed by atoms with Crippen LogP contribution in [-0.2, 0) is 14.3 Å². The fourth-order valence-corrected chi connectivity index (χ4v) is 4.62. The van der Waals surface area contributed by atoms with Crippen LogP contribution in [0.1, 0.15) is 5.56 Å². The minimum atomic E-state index is -0.501. The Labute approximate surface area is 194 Å². The van der Waals surface area contributed by atoms with Crippen molar-refractivity contribution in [3.05, 3.63) is 52.9 Å². The minimum Gasteiger partial charge on any atom is -0.454 e. The summed E-state index contributed by atoms with van der Waals surface area (Å²) in [6.07, 6.45) is 1.61. The summed E-state index contributed by atoms with van der Waals surface area (Å²) < 4.78 is 16.0. The van der Waals surface area contributed by atoms with Crippen molar-refractivity contribution in [3.8, 4) is 11.5 Å². The molecule has 5 rings (SSSR count). The van der Waals surface area contributed by atoms with E-state index in [1.54, 1.807) is 30.3 Å². The summed E-state index contributed by atoms with van der Waals surface area (Å²) in [5, 5.41) is 2.36. The van der Waals surface area contributed by atoms with Crippen molar-refractivity contribution >= 4 is 46.3 Å². The molecule has 0 spiro atoms. The van der Waals surface area contributed by atoms with Crippen molar-refractivity contribution < 1.29 is 28.6 Å². The average molecular weight is 468 g/mol. The van der Waals surface area contributed by atoms with Gasteiger partial charge in [0.25, 0.3) is 11.1 Å². The zero-order valence-electron chi connectivity index (χ0n) is 17.6. The van der Waals surface area contributed by atoms with Crippen molar-refractivity contribution in [1.82, 2.24) is 4.90 Å². The fraction of sp³-hybridized carbons (Fsp3) is 0.261. The largest absolute Gasteiger partial charge is 0.454 e. The lowest BCUT2D eigenvalue weighted by atomic mass is 10.2. The van der Waals surface area contributed by atoms with Crippen LogP contribution in [0.25, 0.3) is 6.08 Å². The van der Waals surface area contributed by atoms with E-state index in [-0.39, 0.29) is 18.2 Å². The Morgan fingerprint density at radius 3 is 2.70 bits per heavy atom. The molecule has 3 aliphatic heterocycles. The Bertz CT molecular complexity index is 1140. The molecule has 2 aromatic carbocycles. The van der Waals surface area contributed by atoms with Crippen molar-refractivity contribution in [3.63, 3.8) is 0 Å². The molecule has 0 aliphatic carbocycles. The minimum absolute atomic E-state index is 0.152. The molecule has 0 bridgehead atoms. The maximum Gasteiger partial charge on any atom is 0.294 e. The van der Waals surface area contributed by atoms with Crippen LogP contribution in [0.2, 0.25) is 0 Å². The number of benzene rings is 2. The summed E-state index contributed by atoms with van der Waals surface area (Å²) >= 11 is 0.808. The van der Waals surface area contributed by atoms with Crippen LogP contribution >= 0.6 is 11.8 Å². The van der Waals surface area contributed by atoms with Crippen LogP contribution in [-0.4, -0.2) is 61.6 Å². The van der Waals surface area contributed by atoms with E-state index in [4.69, 9.17) is 14.2 Å². The van der Waals surface area contributed by atoms with E-state index in [1.165, 1.54) is 0 Å². The van der Waals surface area contributed by atoms with E-state index in [2.05, 4.69) is 10.2 Å². The molecule has 10 heteroatoms. The summed E-state index contributed by atoms with van der Waals surface area (Å²) in [5.41, 5.74) is 2.21. The molecule has 0 radical (unpaired) electrons. The number of hydrogen-bond acceptors (Lipinski definition) is 8. The van der Waals surface area contributed by atoms with Crippen molar-refractivity contribution in [2.45, 2.75) is 0 Å². The van der Waals surface area contributed by atoms with Gasteiger partial charge in [0.15, 0.2) is 11.5 Å². The topological polar surface area (TPSA) is 97.4 Å². The number of ether oxygens (including phenoxy) is 3. The maximum absolute atomic E-state index is 12.8. The number of hydrogen-bond donors (Lipinski definition) is 1. The van der Waals surface area contributed by atoms with Crippen molar-refractivity contribution in [2.75, 3.05) is 49.9 Å². The smallest absolute Gasteiger partial charge is 0.294 e. The van der Waals surface area contributed by atoms with Crippen molar-refractivity contribution in [1.29, 1.82) is 0 Å². The molecular formula is C23H21N3O6S. The number of nitrogens with zero attached hydrogens (tertiary/aromatic N) is 2. The molecule has 9 nitrogen and oxygen atoms in total. The van der Waals surface area contributed by atoms with Gasteiger partial charge in [-0.2, -0.15) is 0 Å². The van der Waals surface area contributed by atoms with Crippen LogP contribution in [0.5, 0.6) is 11.5 Å². The summed E-state index contributed by atoms with van der Waals surface area (Å²) in [6.45, 7) is 2.48. The second-order valence-corrected chi connectivity index (χ2v) is 8.54. The number of carbonyl (C=O) groups is 3. The maximum atomic E-state index is 12.8. The number of anilines is 2. The first kappa shape index (κ1) is 21.4. The molecular weight excluding hydrogens is 446 g/mol. The Morgan fingerprint density at radius 2 is 1.85 bits per heavy atom. The van der Waals surface area contributed by atoms with E-state index in [0.717, 1.165) is 35.4 Å². The van der Waals surface area contributed by atoms with Crippen molar-refractivity contribution in [2.24, 2.45) is 0 Å². The quantitative estimate of drug-likeness (QED) is 0.671. The van der Waals surface area contributed by atoms with Gasteiger partial charge in [-0.25, -0.2) is 0 Å². The predicted octanol–water partition coefficient (Wildman–Crippen LogP) is 2.93. The van der Waals surface area contributed by atoms with Gasteiger partial charge in [0.1, 0.15) is 6.54 Å². The molecule has 33 heavy (non-hydrogen) atoms. The molecule has 170 valence electrons. The van der Waals surface area contributed by atoms with Gasteiger partial charge < -0.3 is 24.4 Å².